The summed E-state index contributed by atoms with van der Waals surface area (Å²) in [5, 5.41) is 8.64. The van der Waals surface area contributed by atoms with E-state index in [0.717, 1.165) is 12.8 Å². The summed E-state index contributed by atoms with van der Waals surface area (Å²) >= 11 is 0. The fraction of sp³-hybridized carbons (Fsp3) is 0.818. The van der Waals surface area contributed by atoms with Crippen LogP contribution in [0.3, 0.4) is 0 Å². The Hall–Kier alpha value is -1.06. The summed E-state index contributed by atoms with van der Waals surface area (Å²) in [6, 6.07) is 0. The van der Waals surface area contributed by atoms with Gasteiger partial charge in [0, 0.05) is 19.5 Å². The van der Waals surface area contributed by atoms with E-state index in [4.69, 9.17) is 5.11 Å². The van der Waals surface area contributed by atoms with E-state index in [0.29, 0.717) is 19.5 Å². The van der Waals surface area contributed by atoms with Gasteiger partial charge in [-0.15, -0.1) is 0 Å². The molecule has 0 spiro atoms. The highest BCUT2D eigenvalue weighted by molar-refractivity contribution is 5.80. The molecule has 0 aliphatic carbocycles. The summed E-state index contributed by atoms with van der Waals surface area (Å²) in [5.74, 6) is -1.00. The van der Waals surface area contributed by atoms with Crippen LogP contribution in [0.2, 0.25) is 0 Å². The Morgan fingerprint density at radius 2 is 1.93 bits per heavy atom. The molecule has 0 radical (unpaired) electrons. The van der Waals surface area contributed by atoms with E-state index in [1.807, 2.05) is 0 Å². The standard InChI is InChI=1S/C11H19NO3/c1-2-3-4-5-6-10(13)12-7-9(8-12)11(14)15/h9H,2-8H2,1H3,(H,14,15). The number of hydrogen-bond donors (Lipinski definition) is 1. The van der Waals surface area contributed by atoms with Crippen LogP contribution < -0.4 is 0 Å². The molecular weight excluding hydrogens is 194 g/mol. The molecule has 4 heteroatoms. The third-order valence-electron chi connectivity index (χ3n) is 2.83. The smallest absolute Gasteiger partial charge is 0.310 e. The molecule has 0 unspecified atom stereocenters. The molecule has 15 heavy (non-hydrogen) atoms. The van der Waals surface area contributed by atoms with Crippen LogP contribution >= 0.6 is 0 Å². The van der Waals surface area contributed by atoms with Gasteiger partial charge in [-0.05, 0) is 6.42 Å². The predicted octanol–water partition coefficient (Wildman–Crippen LogP) is 1.50. The average molecular weight is 213 g/mol. The molecule has 1 amide bonds. The zero-order valence-electron chi connectivity index (χ0n) is 9.24. The molecule has 1 aliphatic rings. The first-order valence-electron chi connectivity index (χ1n) is 5.65. The Labute approximate surface area is 90.3 Å². The number of likely N-dealkylation sites (tertiary alicyclic amines) is 1. The minimum atomic E-state index is -0.787. The summed E-state index contributed by atoms with van der Waals surface area (Å²) < 4.78 is 0. The zero-order valence-corrected chi connectivity index (χ0v) is 9.24. The predicted molar refractivity (Wildman–Crippen MR) is 56.5 cm³/mol. The zero-order chi connectivity index (χ0) is 11.3. The molecule has 0 saturated carbocycles. The van der Waals surface area contributed by atoms with Gasteiger partial charge in [-0.3, -0.25) is 9.59 Å². The van der Waals surface area contributed by atoms with E-state index in [-0.39, 0.29) is 11.8 Å². The Morgan fingerprint density at radius 3 is 2.47 bits per heavy atom. The first kappa shape index (κ1) is 12.0. The quantitative estimate of drug-likeness (QED) is 0.680. The van der Waals surface area contributed by atoms with Crippen LogP contribution in [0, 0.1) is 5.92 Å². The van der Waals surface area contributed by atoms with Gasteiger partial charge in [-0.25, -0.2) is 0 Å². The van der Waals surface area contributed by atoms with Gasteiger partial charge in [0.05, 0.1) is 5.92 Å². The number of nitrogens with zero attached hydrogens (tertiary/aromatic N) is 1. The largest absolute Gasteiger partial charge is 0.481 e. The van der Waals surface area contributed by atoms with Crippen molar-refractivity contribution in [3.8, 4) is 0 Å². The maximum absolute atomic E-state index is 11.5. The van der Waals surface area contributed by atoms with Crippen molar-refractivity contribution in [2.75, 3.05) is 13.1 Å². The summed E-state index contributed by atoms with van der Waals surface area (Å²) in [7, 11) is 0. The topological polar surface area (TPSA) is 57.6 Å². The summed E-state index contributed by atoms with van der Waals surface area (Å²) in [4.78, 5) is 23.6. The monoisotopic (exact) mass is 213 g/mol. The normalized spacial score (nSPS) is 16.2. The minimum Gasteiger partial charge on any atom is -0.481 e. The van der Waals surface area contributed by atoms with E-state index in [1.165, 1.54) is 12.8 Å². The van der Waals surface area contributed by atoms with Crippen LogP contribution in [0.15, 0.2) is 0 Å². The van der Waals surface area contributed by atoms with Gasteiger partial charge in [-0.1, -0.05) is 26.2 Å². The second-order valence-electron chi connectivity index (χ2n) is 4.14. The lowest BCUT2D eigenvalue weighted by Crippen LogP contribution is -2.52. The van der Waals surface area contributed by atoms with Crippen molar-refractivity contribution in [3.05, 3.63) is 0 Å². The number of hydrogen-bond acceptors (Lipinski definition) is 2. The van der Waals surface area contributed by atoms with E-state index >= 15 is 0 Å². The van der Waals surface area contributed by atoms with Crippen molar-refractivity contribution in [1.29, 1.82) is 0 Å². The van der Waals surface area contributed by atoms with Crippen LogP contribution in [0.25, 0.3) is 0 Å². The van der Waals surface area contributed by atoms with Gasteiger partial charge in [-0.2, -0.15) is 0 Å². The molecule has 1 fully saturated rings. The lowest BCUT2D eigenvalue weighted by Gasteiger charge is -2.36. The number of carbonyl (C=O) groups is 2. The lowest BCUT2D eigenvalue weighted by molar-refractivity contribution is -0.152. The van der Waals surface area contributed by atoms with Crippen LogP contribution in [0.5, 0.6) is 0 Å². The lowest BCUT2D eigenvalue weighted by atomic mass is 9.99. The number of carboxylic acid groups (broad SMARTS) is 1. The van der Waals surface area contributed by atoms with E-state index in [1.54, 1.807) is 4.90 Å². The Kier molecular flexibility index (Phi) is 4.59. The van der Waals surface area contributed by atoms with E-state index in [2.05, 4.69) is 6.92 Å². The van der Waals surface area contributed by atoms with Crippen LogP contribution in [-0.4, -0.2) is 35.0 Å². The molecule has 1 rings (SSSR count). The molecular formula is C11H19NO3. The third-order valence-corrected chi connectivity index (χ3v) is 2.83. The number of rotatable bonds is 6. The number of amides is 1. The first-order chi connectivity index (χ1) is 7.15. The third kappa shape index (κ3) is 3.53. The maximum Gasteiger partial charge on any atom is 0.310 e. The van der Waals surface area contributed by atoms with Crippen LogP contribution in [-0.2, 0) is 9.59 Å². The maximum atomic E-state index is 11.5. The molecule has 1 heterocycles. The molecule has 0 aromatic rings. The Bertz CT molecular complexity index is 234. The molecule has 0 atom stereocenters. The highest BCUT2D eigenvalue weighted by Crippen LogP contribution is 2.17. The number of carboxylic acids is 1. The van der Waals surface area contributed by atoms with Gasteiger partial charge in [0.2, 0.25) is 5.91 Å². The minimum absolute atomic E-state index is 0.114. The molecule has 0 aromatic heterocycles. The number of aliphatic carboxylic acids is 1. The summed E-state index contributed by atoms with van der Waals surface area (Å²) in [6.45, 7) is 2.94. The summed E-state index contributed by atoms with van der Waals surface area (Å²) in [5.41, 5.74) is 0. The number of unbranched alkanes of at least 4 members (excludes halogenated alkanes) is 3. The molecule has 4 nitrogen and oxygen atoms in total. The number of carbonyl (C=O) groups excluding carboxylic acids is 1. The van der Waals surface area contributed by atoms with Crippen molar-refractivity contribution < 1.29 is 14.7 Å². The fourth-order valence-corrected chi connectivity index (χ4v) is 1.70. The molecule has 1 N–H and O–H groups in total. The van der Waals surface area contributed by atoms with Crippen molar-refractivity contribution >= 4 is 11.9 Å². The first-order valence-corrected chi connectivity index (χ1v) is 5.65. The highest BCUT2D eigenvalue weighted by Gasteiger charge is 2.34. The SMILES string of the molecule is CCCCCCC(=O)N1CC(C(=O)O)C1. The van der Waals surface area contributed by atoms with Crippen LogP contribution in [0.1, 0.15) is 39.0 Å². The van der Waals surface area contributed by atoms with Gasteiger partial charge in [0.15, 0.2) is 0 Å². The van der Waals surface area contributed by atoms with Crippen molar-refractivity contribution in [2.45, 2.75) is 39.0 Å². The van der Waals surface area contributed by atoms with Gasteiger partial charge < -0.3 is 10.0 Å². The average Bonchev–Trinajstić information content (AvgIpc) is 2.09. The van der Waals surface area contributed by atoms with Crippen molar-refractivity contribution in [2.24, 2.45) is 5.92 Å². The van der Waals surface area contributed by atoms with Crippen LogP contribution in [0.4, 0.5) is 0 Å². The second kappa shape index (κ2) is 5.73. The summed E-state index contributed by atoms with van der Waals surface area (Å²) in [6.07, 6.45) is 4.94. The van der Waals surface area contributed by atoms with E-state index in [9.17, 15) is 9.59 Å². The fourth-order valence-electron chi connectivity index (χ4n) is 1.70. The van der Waals surface area contributed by atoms with Gasteiger partial charge >= 0.3 is 5.97 Å². The molecule has 1 aliphatic heterocycles. The molecule has 0 aromatic carbocycles. The van der Waals surface area contributed by atoms with Gasteiger partial charge in [0.1, 0.15) is 0 Å². The van der Waals surface area contributed by atoms with Crippen molar-refractivity contribution in [3.63, 3.8) is 0 Å². The Morgan fingerprint density at radius 1 is 1.27 bits per heavy atom. The van der Waals surface area contributed by atoms with Gasteiger partial charge in [0.25, 0.3) is 0 Å². The molecule has 1 saturated heterocycles. The Balaban J connectivity index is 2.07. The van der Waals surface area contributed by atoms with E-state index < -0.39 is 5.97 Å². The second-order valence-corrected chi connectivity index (χ2v) is 4.14. The molecule has 0 bridgehead atoms. The van der Waals surface area contributed by atoms with Crippen molar-refractivity contribution in [1.82, 2.24) is 4.90 Å². The molecule has 86 valence electrons. The highest BCUT2D eigenvalue weighted by atomic mass is 16.4.